The second-order valence-electron chi connectivity index (χ2n) is 9.25. The summed E-state index contributed by atoms with van der Waals surface area (Å²) in [5, 5.41) is 3.02. The average molecular weight is 335 g/mol. The monoisotopic (exact) mass is 335 g/mol. The first kappa shape index (κ1) is 16.4. The number of esters is 1. The van der Waals surface area contributed by atoms with Crippen molar-refractivity contribution < 1.29 is 19.1 Å². The Morgan fingerprint density at radius 3 is 2.33 bits per heavy atom. The van der Waals surface area contributed by atoms with Crippen LogP contribution in [-0.4, -0.2) is 29.3 Å². The zero-order valence-corrected chi connectivity index (χ0v) is 15.2. The number of ether oxygens (including phenoxy) is 2. The molecule has 1 heterocycles. The van der Waals surface area contributed by atoms with E-state index >= 15 is 0 Å². The number of nitrogens with one attached hydrogen (secondary N) is 1. The summed E-state index contributed by atoms with van der Waals surface area (Å²) in [6, 6.07) is 0. The van der Waals surface area contributed by atoms with E-state index in [1.54, 1.807) is 0 Å². The second-order valence-corrected chi connectivity index (χ2v) is 9.25. The van der Waals surface area contributed by atoms with Crippen LogP contribution >= 0.6 is 0 Å². The van der Waals surface area contributed by atoms with Gasteiger partial charge in [0.25, 0.3) is 0 Å². The molecule has 0 aromatic carbocycles. The zero-order valence-electron chi connectivity index (χ0n) is 15.2. The molecule has 4 aliphatic rings. The molecule has 2 bridgehead atoms. The maximum Gasteiger partial charge on any atom is 0.415 e. The third kappa shape index (κ3) is 1.97. The predicted molar refractivity (Wildman–Crippen MR) is 88.3 cm³/mol. The summed E-state index contributed by atoms with van der Waals surface area (Å²) >= 11 is 0. The molecule has 4 fully saturated rings. The highest BCUT2D eigenvalue weighted by Crippen LogP contribution is 2.72. The molecule has 4 rings (SSSR count). The van der Waals surface area contributed by atoms with Crippen LogP contribution in [-0.2, 0) is 14.3 Å². The maximum absolute atomic E-state index is 12.3. The van der Waals surface area contributed by atoms with Crippen LogP contribution in [0.25, 0.3) is 0 Å². The van der Waals surface area contributed by atoms with Crippen molar-refractivity contribution in [3.63, 3.8) is 0 Å². The molecule has 0 aromatic heterocycles. The van der Waals surface area contributed by atoms with Gasteiger partial charge in [-0.15, -0.1) is 0 Å². The molecule has 1 N–H and O–H groups in total. The third-order valence-corrected chi connectivity index (χ3v) is 7.95. The molecule has 1 aliphatic heterocycles. The lowest BCUT2D eigenvalue weighted by Crippen LogP contribution is -2.53. The summed E-state index contributed by atoms with van der Waals surface area (Å²) in [4.78, 5) is 24.6. The minimum absolute atomic E-state index is 0.134. The molecule has 0 aromatic rings. The lowest BCUT2D eigenvalue weighted by atomic mass is 9.75. The lowest BCUT2D eigenvalue weighted by molar-refractivity contribution is -0.202. The first-order valence-electron chi connectivity index (χ1n) is 9.42. The number of rotatable bonds is 4. The maximum atomic E-state index is 12.3. The summed E-state index contributed by atoms with van der Waals surface area (Å²) in [6.45, 7) is 8.66. The van der Waals surface area contributed by atoms with Crippen LogP contribution in [0.5, 0.6) is 0 Å². The molecular formula is C19H29NO4. The highest BCUT2D eigenvalue weighted by molar-refractivity contribution is 5.89. The SMILES string of the molecule is CCC12CC1(C)C(C(=O)OC(=O)NC13CCC(C(C)C)(CC1)C3)O2. The molecule has 5 heteroatoms. The Labute approximate surface area is 143 Å². The summed E-state index contributed by atoms with van der Waals surface area (Å²) in [5.74, 6) is 0.0979. The van der Waals surface area contributed by atoms with Crippen LogP contribution < -0.4 is 5.32 Å². The minimum Gasteiger partial charge on any atom is -0.374 e. The number of hydrogen-bond donors (Lipinski definition) is 1. The molecular weight excluding hydrogens is 306 g/mol. The van der Waals surface area contributed by atoms with Crippen molar-refractivity contribution in [1.29, 1.82) is 0 Å². The van der Waals surface area contributed by atoms with E-state index in [1.165, 1.54) is 0 Å². The van der Waals surface area contributed by atoms with Crippen LogP contribution in [0.2, 0.25) is 0 Å². The van der Waals surface area contributed by atoms with Gasteiger partial charge in [0.05, 0.1) is 5.60 Å². The van der Waals surface area contributed by atoms with Crippen molar-refractivity contribution in [3.05, 3.63) is 0 Å². The number of carbonyl (C=O) groups is 2. The molecule has 0 radical (unpaired) electrons. The van der Waals surface area contributed by atoms with Crippen LogP contribution in [0.1, 0.15) is 72.6 Å². The third-order valence-electron chi connectivity index (χ3n) is 7.95. The average Bonchev–Trinajstić information content (AvgIpc) is 2.89. The standard InChI is InChI=1S/C19H29NO4/c1-5-19-10-16(19,4)13(24-19)14(21)23-15(22)20-18-8-6-17(11-18,7-9-18)12(2)3/h12-13H,5-11H2,1-4H3,(H,20,22). The summed E-state index contributed by atoms with van der Waals surface area (Å²) in [6.07, 6.45) is 5.92. The fourth-order valence-corrected chi connectivity index (χ4v) is 5.87. The van der Waals surface area contributed by atoms with Gasteiger partial charge < -0.3 is 14.8 Å². The van der Waals surface area contributed by atoms with E-state index in [0.717, 1.165) is 44.9 Å². The molecule has 3 atom stereocenters. The normalized spacial score (nSPS) is 48.0. The molecule has 5 nitrogen and oxygen atoms in total. The Kier molecular flexibility index (Phi) is 3.24. The number of amides is 1. The summed E-state index contributed by atoms with van der Waals surface area (Å²) in [5.41, 5.74) is -0.0834. The topological polar surface area (TPSA) is 64.6 Å². The number of alkyl carbamates (subject to hydrolysis) is 1. The summed E-state index contributed by atoms with van der Waals surface area (Å²) in [7, 11) is 0. The molecule has 3 aliphatic carbocycles. The molecule has 24 heavy (non-hydrogen) atoms. The second kappa shape index (κ2) is 4.75. The van der Waals surface area contributed by atoms with Gasteiger partial charge >= 0.3 is 12.1 Å². The molecule has 1 amide bonds. The van der Waals surface area contributed by atoms with Crippen molar-refractivity contribution in [2.24, 2.45) is 16.7 Å². The Morgan fingerprint density at radius 2 is 1.88 bits per heavy atom. The molecule has 1 saturated heterocycles. The Bertz CT molecular complexity index is 592. The number of fused-ring (bicyclic) bond motifs is 3. The highest BCUT2D eigenvalue weighted by atomic mass is 16.6. The van der Waals surface area contributed by atoms with E-state index in [1.807, 2.05) is 6.92 Å². The van der Waals surface area contributed by atoms with Crippen molar-refractivity contribution in [3.8, 4) is 0 Å². The first-order chi connectivity index (χ1) is 11.2. The molecule has 3 saturated carbocycles. The van der Waals surface area contributed by atoms with Crippen molar-refractivity contribution in [2.75, 3.05) is 0 Å². The van der Waals surface area contributed by atoms with Crippen molar-refractivity contribution in [1.82, 2.24) is 5.32 Å². The van der Waals surface area contributed by atoms with E-state index in [0.29, 0.717) is 11.3 Å². The molecule has 3 unspecified atom stereocenters. The first-order valence-corrected chi connectivity index (χ1v) is 9.42. The quantitative estimate of drug-likeness (QED) is 0.630. The van der Waals surface area contributed by atoms with Gasteiger partial charge in [-0.05, 0) is 56.3 Å². The van der Waals surface area contributed by atoms with Gasteiger partial charge in [-0.1, -0.05) is 27.7 Å². The van der Waals surface area contributed by atoms with E-state index in [9.17, 15) is 9.59 Å². The Balaban J connectivity index is 1.33. The number of hydrogen-bond acceptors (Lipinski definition) is 4. The van der Waals surface area contributed by atoms with Gasteiger partial charge in [-0.3, -0.25) is 0 Å². The Hall–Kier alpha value is -1.10. The lowest BCUT2D eigenvalue weighted by Gasteiger charge is -2.39. The van der Waals surface area contributed by atoms with Gasteiger partial charge in [0, 0.05) is 11.0 Å². The highest BCUT2D eigenvalue weighted by Gasteiger charge is 2.80. The zero-order chi connectivity index (χ0) is 17.4. The minimum atomic E-state index is -0.594. The fourth-order valence-electron chi connectivity index (χ4n) is 5.87. The van der Waals surface area contributed by atoms with Gasteiger partial charge in [-0.2, -0.15) is 0 Å². The van der Waals surface area contributed by atoms with Crippen LogP contribution in [0.15, 0.2) is 0 Å². The molecule has 134 valence electrons. The van der Waals surface area contributed by atoms with Crippen LogP contribution in [0, 0.1) is 16.7 Å². The van der Waals surface area contributed by atoms with E-state index in [2.05, 4.69) is 26.1 Å². The van der Waals surface area contributed by atoms with Gasteiger partial charge in [0.2, 0.25) is 0 Å². The molecule has 0 spiro atoms. The van der Waals surface area contributed by atoms with Crippen molar-refractivity contribution in [2.45, 2.75) is 89.9 Å². The summed E-state index contributed by atoms with van der Waals surface area (Å²) < 4.78 is 10.8. The van der Waals surface area contributed by atoms with Gasteiger partial charge in [0.1, 0.15) is 0 Å². The Morgan fingerprint density at radius 1 is 1.21 bits per heavy atom. The van der Waals surface area contributed by atoms with Crippen LogP contribution in [0.3, 0.4) is 0 Å². The fraction of sp³-hybridized carbons (Fsp3) is 0.895. The van der Waals surface area contributed by atoms with E-state index in [4.69, 9.17) is 9.47 Å². The smallest absolute Gasteiger partial charge is 0.374 e. The number of carbonyl (C=O) groups excluding carboxylic acids is 2. The van der Waals surface area contributed by atoms with Crippen LogP contribution in [0.4, 0.5) is 4.79 Å². The largest absolute Gasteiger partial charge is 0.415 e. The van der Waals surface area contributed by atoms with Gasteiger partial charge in [0.15, 0.2) is 6.10 Å². The van der Waals surface area contributed by atoms with Gasteiger partial charge in [-0.25, -0.2) is 9.59 Å². The van der Waals surface area contributed by atoms with E-state index in [-0.39, 0.29) is 16.6 Å². The van der Waals surface area contributed by atoms with Crippen molar-refractivity contribution >= 4 is 12.1 Å². The van der Waals surface area contributed by atoms with E-state index < -0.39 is 18.2 Å². The predicted octanol–water partition coefficient (Wildman–Crippen LogP) is 3.56.